The molecule has 0 amide bonds. The molecule has 0 fully saturated rings. The quantitative estimate of drug-likeness (QED) is 0.606. The molecule has 4 heteroatoms. The number of rotatable bonds is 9. The van der Waals surface area contributed by atoms with E-state index in [-0.39, 0.29) is 12.0 Å². The summed E-state index contributed by atoms with van der Waals surface area (Å²) in [6.07, 6.45) is 1.96. The molecule has 0 aliphatic carbocycles. The molecular formula is C12H26N2O2. The summed E-state index contributed by atoms with van der Waals surface area (Å²) in [5, 5.41) is 3.15. The van der Waals surface area contributed by atoms with Crippen LogP contribution in [0.3, 0.4) is 0 Å². The highest BCUT2D eigenvalue weighted by molar-refractivity contribution is 5.75. The summed E-state index contributed by atoms with van der Waals surface area (Å²) in [7, 11) is 1.44. The number of hydrogen-bond acceptors (Lipinski definition) is 4. The summed E-state index contributed by atoms with van der Waals surface area (Å²) in [6, 6.07) is -0.166. The number of methoxy groups -OCH3 is 1. The van der Waals surface area contributed by atoms with Gasteiger partial charge in [0, 0.05) is 6.54 Å². The molecule has 0 saturated carbocycles. The zero-order valence-electron chi connectivity index (χ0n) is 11.1. The van der Waals surface area contributed by atoms with Crippen molar-refractivity contribution in [2.75, 3.05) is 33.3 Å². The number of ether oxygens (including phenoxy) is 1. The third-order valence-electron chi connectivity index (χ3n) is 2.66. The first-order chi connectivity index (χ1) is 7.69. The highest BCUT2D eigenvalue weighted by Crippen LogP contribution is 2.00. The van der Waals surface area contributed by atoms with E-state index in [9.17, 15) is 4.79 Å². The van der Waals surface area contributed by atoms with Gasteiger partial charge in [0.2, 0.25) is 0 Å². The van der Waals surface area contributed by atoms with Crippen LogP contribution in [0.15, 0.2) is 0 Å². The standard InChI is InChI=1S/C12H26N2O2/c1-5-9-14(7-3)10-8-11(13-6-2)12(15)16-4/h11,13H,5-10H2,1-4H3. The fourth-order valence-electron chi connectivity index (χ4n) is 1.75. The molecule has 0 radical (unpaired) electrons. The number of nitrogens with zero attached hydrogens (tertiary/aromatic N) is 1. The number of carbonyl (C=O) groups excluding carboxylic acids is 1. The molecule has 0 rings (SSSR count). The highest BCUT2D eigenvalue weighted by atomic mass is 16.5. The maximum Gasteiger partial charge on any atom is 0.322 e. The van der Waals surface area contributed by atoms with Crippen molar-refractivity contribution in [3.63, 3.8) is 0 Å². The zero-order chi connectivity index (χ0) is 12.4. The van der Waals surface area contributed by atoms with Crippen molar-refractivity contribution in [3.8, 4) is 0 Å². The van der Waals surface area contributed by atoms with E-state index in [4.69, 9.17) is 4.74 Å². The Balaban J connectivity index is 4.03. The van der Waals surface area contributed by atoms with E-state index < -0.39 is 0 Å². The van der Waals surface area contributed by atoms with Gasteiger partial charge in [0.1, 0.15) is 6.04 Å². The maximum absolute atomic E-state index is 11.5. The van der Waals surface area contributed by atoms with Gasteiger partial charge in [-0.05, 0) is 32.5 Å². The number of likely N-dealkylation sites (N-methyl/N-ethyl adjacent to an activating group) is 1. The summed E-state index contributed by atoms with van der Waals surface area (Å²) >= 11 is 0. The number of nitrogens with one attached hydrogen (secondary N) is 1. The first-order valence-corrected chi connectivity index (χ1v) is 6.23. The molecule has 0 bridgehead atoms. The monoisotopic (exact) mass is 230 g/mol. The third kappa shape index (κ3) is 6.08. The maximum atomic E-state index is 11.5. The second-order valence-electron chi connectivity index (χ2n) is 3.86. The predicted octanol–water partition coefficient (Wildman–Crippen LogP) is 1.26. The fraction of sp³-hybridized carbons (Fsp3) is 0.917. The Morgan fingerprint density at radius 3 is 2.44 bits per heavy atom. The fourth-order valence-corrected chi connectivity index (χ4v) is 1.75. The van der Waals surface area contributed by atoms with Crippen molar-refractivity contribution in [1.82, 2.24) is 10.2 Å². The summed E-state index contributed by atoms with van der Waals surface area (Å²) in [6.45, 7) is 10.2. The van der Waals surface area contributed by atoms with Crippen LogP contribution in [0.1, 0.15) is 33.6 Å². The molecule has 96 valence electrons. The molecule has 4 nitrogen and oxygen atoms in total. The van der Waals surface area contributed by atoms with E-state index in [1.54, 1.807) is 0 Å². The van der Waals surface area contributed by atoms with E-state index in [1.165, 1.54) is 7.11 Å². The smallest absolute Gasteiger partial charge is 0.322 e. The molecule has 0 aliphatic heterocycles. The highest BCUT2D eigenvalue weighted by Gasteiger charge is 2.18. The lowest BCUT2D eigenvalue weighted by molar-refractivity contribution is -0.143. The summed E-state index contributed by atoms with van der Waals surface area (Å²) in [4.78, 5) is 13.8. The van der Waals surface area contributed by atoms with Gasteiger partial charge < -0.3 is 15.0 Å². The van der Waals surface area contributed by atoms with Crippen molar-refractivity contribution >= 4 is 5.97 Å². The Morgan fingerprint density at radius 2 is 2.00 bits per heavy atom. The predicted molar refractivity (Wildman–Crippen MR) is 66.5 cm³/mol. The molecule has 1 unspecified atom stereocenters. The molecule has 0 saturated heterocycles. The third-order valence-corrected chi connectivity index (χ3v) is 2.66. The topological polar surface area (TPSA) is 41.6 Å². The lowest BCUT2D eigenvalue weighted by Gasteiger charge is -2.22. The molecule has 0 aromatic heterocycles. The molecule has 1 atom stereocenters. The van der Waals surface area contributed by atoms with E-state index in [2.05, 4.69) is 24.1 Å². The number of esters is 1. The van der Waals surface area contributed by atoms with Crippen molar-refractivity contribution in [2.45, 2.75) is 39.7 Å². The van der Waals surface area contributed by atoms with Gasteiger partial charge in [-0.25, -0.2) is 0 Å². The van der Waals surface area contributed by atoms with E-state index >= 15 is 0 Å². The van der Waals surface area contributed by atoms with Gasteiger partial charge in [-0.3, -0.25) is 4.79 Å². The zero-order valence-corrected chi connectivity index (χ0v) is 11.1. The Labute approximate surface area is 99.3 Å². The van der Waals surface area contributed by atoms with Crippen LogP contribution < -0.4 is 5.32 Å². The van der Waals surface area contributed by atoms with Crippen molar-refractivity contribution < 1.29 is 9.53 Å². The molecule has 0 aromatic carbocycles. The molecular weight excluding hydrogens is 204 g/mol. The average Bonchev–Trinajstić information content (AvgIpc) is 2.31. The van der Waals surface area contributed by atoms with Crippen LogP contribution in [-0.4, -0.2) is 50.2 Å². The van der Waals surface area contributed by atoms with Gasteiger partial charge in [-0.2, -0.15) is 0 Å². The van der Waals surface area contributed by atoms with Crippen LogP contribution in [0.2, 0.25) is 0 Å². The lowest BCUT2D eigenvalue weighted by atomic mass is 10.2. The molecule has 16 heavy (non-hydrogen) atoms. The van der Waals surface area contributed by atoms with Crippen LogP contribution in [0, 0.1) is 0 Å². The van der Waals surface area contributed by atoms with Crippen LogP contribution in [0.5, 0.6) is 0 Å². The van der Waals surface area contributed by atoms with Gasteiger partial charge in [-0.15, -0.1) is 0 Å². The minimum absolute atomic E-state index is 0.158. The molecule has 0 spiro atoms. The van der Waals surface area contributed by atoms with Gasteiger partial charge in [-0.1, -0.05) is 20.8 Å². The summed E-state index contributed by atoms with van der Waals surface area (Å²) < 4.78 is 4.77. The van der Waals surface area contributed by atoms with Crippen LogP contribution in [0.25, 0.3) is 0 Å². The number of hydrogen-bond donors (Lipinski definition) is 1. The molecule has 0 aliphatic rings. The average molecular weight is 230 g/mol. The van der Waals surface area contributed by atoms with Gasteiger partial charge in [0.25, 0.3) is 0 Å². The largest absolute Gasteiger partial charge is 0.468 e. The van der Waals surface area contributed by atoms with Crippen LogP contribution >= 0.6 is 0 Å². The SMILES string of the molecule is CCCN(CC)CCC(NCC)C(=O)OC. The van der Waals surface area contributed by atoms with Crippen LogP contribution in [-0.2, 0) is 9.53 Å². The Bertz CT molecular complexity index is 186. The van der Waals surface area contributed by atoms with Crippen molar-refractivity contribution in [1.29, 1.82) is 0 Å². The van der Waals surface area contributed by atoms with Crippen molar-refractivity contribution in [2.24, 2.45) is 0 Å². The van der Waals surface area contributed by atoms with E-state index in [1.807, 2.05) is 6.92 Å². The first kappa shape index (κ1) is 15.4. The Hall–Kier alpha value is -0.610. The van der Waals surface area contributed by atoms with E-state index in [0.717, 1.165) is 39.0 Å². The number of carbonyl (C=O) groups is 1. The first-order valence-electron chi connectivity index (χ1n) is 6.23. The van der Waals surface area contributed by atoms with Gasteiger partial charge >= 0.3 is 5.97 Å². The molecule has 0 aromatic rings. The van der Waals surface area contributed by atoms with Crippen molar-refractivity contribution in [3.05, 3.63) is 0 Å². The summed E-state index contributed by atoms with van der Waals surface area (Å²) in [5.74, 6) is -0.158. The second kappa shape index (κ2) is 9.60. The normalized spacial score (nSPS) is 12.8. The Kier molecular flexibility index (Phi) is 9.24. The second-order valence-corrected chi connectivity index (χ2v) is 3.86. The van der Waals surface area contributed by atoms with Gasteiger partial charge in [0.05, 0.1) is 7.11 Å². The lowest BCUT2D eigenvalue weighted by Crippen LogP contribution is -2.40. The minimum Gasteiger partial charge on any atom is -0.468 e. The van der Waals surface area contributed by atoms with Crippen LogP contribution in [0.4, 0.5) is 0 Å². The van der Waals surface area contributed by atoms with E-state index in [0.29, 0.717) is 0 Å². The molecule has 1 N–H and O–H groups in total. The minimum atomic E-state index is -0.166. The molecule has 0 heterocycles. The van der Waals surface area contributed by atoms with Gasteiger partial charge in [0.15, 0.2) is 0 Å². The Morgan fingerprint density at radius 1 is 1.31 bits per heavy atom. The summed E-state index contributed by atoms with van der Waals surface area (Å²) in [5.41, 5.74) is 0.